The lowest BCUT2D eigenvalue weighted by atomic mass is 10.0. The number of carboxylic acids is 1. The van der Waals surface area contributed by atoms with Crippen LogP contribution in [-0.4, -0.2) is 47.4 Å². The molecule has 1 aliphatic heterocycles. The van der Waals surface area contributed by atoms with E-state index in [2.05, 4.69) is 5.32 Å². The topological polar surface area (TPSA) is 86.7 Å². The van der Waals surface area contributed by atoms with Crippen molar-refractivity contribution in [3.8, 4) is 0 Å². The Morgan fingerprint density at radius 2 is 2.10 bits per heavy atom. The van der Waals surface area contributed by atoms with E-state index in [-0.39, 0.29) is 23.8 Å². The molecule has 0 aromatic heterocycles. The molecule has 106 valence electrons. The van der Waals surface area contributed by atoms with Gasteiger partial charge in [0.25, 0.3) is 0 Å². The van der Waals surface area contributed by atoms with Crippen LogP contribution in [0.15, 0.2) is 24.3 Å². The van der Waals surface area contributed by atoms with Gasteiger partial charge < -0.3 is 5.11 Å². The first-order valence-electron chi connectivity index (χ1n) is 6.34. The van der Waals surface area contributed by atoms with Crippen molar-refractivity contribution in [1.82, 2.24) is 10.2 Å². The Balaban J connectivity index is 2.00. The van der Waals surface area contributed by atoms with Gasteiger partial charge in [0.2, 0.25) is 11.8 Å². The highest BCUT2D eigenvalue weighted by Gasteiger charge is 2.33. The van der Waals surface area contributed by atoms with Crippen molar-refractivity contribution in [3.63, 3.8) is 0 Å². The summed E-state index contributed by atoms with van der Waals surface area (Å²) in [6, 6.07) is 6.33. The summed E-state index contributed by atoms with van der Waals surface area (Å²) in [5.74, 6) is -1.51. The molecule has 1 fully saturated rings. The normalized spacial score (nSPS) is 18.4. The van der Waals surface area contributed by atoms with Gasteiger partial charge in [-0.2, -0.15) is 0 Å². The van der Waals surface area contributed by atoms with Gasteiger partial charge in [0.1, 0.15) is 0 Å². The van der Waals surface area contributed by atoms with Crippen molar-refractivity contribution in [3.05, 3.63) is 35.4 Å². The molecule has 1 atom stereocenters. The number of nitrogens with zero attached hydrogens (tertiary/aromatic N) is 1. The van der Waals surface area contributed by atoms with Crippen LogP contribution < -0.4 is 5.32 Å². The Hall–Kier alpha value is -2.21. The molecule has 1 unspecified atom stereocenters. The van der Waals surface area contributed by atoms with Crippen LogP contribution in [0.25, 0.3) is 0 Å². The number of carbonyl (C=O) groups excluding carboxylic acids is 2. The number of benzene rings is 1. The third-order valence-corrected chi connectivity index (χ3v) is 3.46. The number of amides is 2. The zero-order chi connectivity index (χ0) is 14.7. The smallest absolute Gasteiger partial charge is 0.335 e. The summed E-state index contributed by atoms with van der Waals surface area (Å²) in [6.45, 7) is 0.510. The van der Waals surface area contributed by atoms with Crippen LogP contribution in [-0.2, 0) is 16.0 Å². The zero-order valence-corrected chi connectivity index (χ0v) is 11.1. The fraction of sp³-hybridized carbons (Fsp3) is 0.357. The molecule has 1 aromatic carbocycles. The molecule has 6 heteroatoms. The maximum Gasteiger partial charge on any atom is 0.335 e. The molecule has 0 radical (unpaired) electrons. The minimum atomic E-state index is -0.961. The second-order valence-electron chi connectivity index (χ2n) is 4.83. The predicted octanol–water partition coefficient (Wildman–Crippen LogP) is 0.274. The molecular formula is C14H16N2O4. The summed E-state index contributed by atoms with van der Waals surface area (Å²) in [6.07, 6.45) is 0.673. The molecule has 1 aromatic rings. The van der Waals surface area contributed by atoms with Crippen LogP contribution in [0.4, 0.5) is 0 Å². The maximum absolute atomic E-state index is 11.5. The SMILES string of the molecule is CN(CCc1ccccc1C(=O)O)C1CC(=O)NC1=O. The van der Waals surface area contributed by atoms with Gasteiger partial charge in [0.05, 0.1) is 18.0 Å². The van der Waals surface area contributed by atoms with Gasteiger partial charge >= 0.3 is 5.97 Å². The summed E-state index contributed by atoms with van der Waals surface area (Å²) < 4.78 is 0. The Bertz CT molecular complexity index is 556. The van der Waals surface area contributed by atoms with Gasteiger partial charge in [0, 0.05) is 6.54 Å². The van der Waals surface area contributed by atoms with E-state index in [1.54, 1.807) is 36.2 Å². The lowest BCUT2D eigenvalue weighted by Gasteiger charge is -2.21. The maximum atomic E-state index is 11.5. The van der Waals surface area contributed by atoms with E-state index in [1.165, 1.54) is 0 Å². The van der Waals surface area contributed by atoms with Gasteiger partial charge in [0.15, 0.2) is 0 Å². The number of hydrogen-bond acceptors (Lipinski definition) is 4. The summed E-state index contributed by atoms with van der Waals surface area (Å²) in [4.78, 5) is 35.6. The van der Waals surface area contributed by atoms with Gasteiger partial charge in [-0.15, -0.1) is 0 Å². The van der Waals surface area contributed by atoms with Gasteiger partial charge in [-0.3, -0.25) is 19.8 Å². The highest BCUT2D eigenvalue weighted by molar-refractivity contribution is 6.05. The van der Waals surface area contributed by atoms with Gasteiger partial charge in [-0.1, -0.05) is 18.2 Å². The van der Waals surface area contributed by atoms with E-state index in [1.807, 2.05) is 0 Å². The minimum absolute atomic E-state index is 0.163. The molecule has 20 heavy (non-hydrogen) atoms. The second kappa shape index (κ2) is 5.83. The van der Waals surface area contributed by atoms with Crippen molar-refractivity contribution in [2.75, 3.05) is 13.6 Å². The molecule has 6 nitrogen and oxygen atoms in total. The molecule has 2 amide bonds. The standard InChI is InChI=1S/C14H16N2O4/c1-16(11-8-12(17)15-13(11)18)7-6-9-4-2-3-5-10(9)14(19)20/h2-5,11H,6-8H2,1H3,(H,19,20)(H,15,17,18). The molecule has 1 heterocycles. The number of carbonyl (C=O) groups is 3. The molecule has 0 saturated carbocycles. The molecule has 1 aliphatic rings. The predicted molar refractivity (Wildman–Crippen MR) is 71.3 cm³/mol. The summed E-state index contributed by atoms with van der Waals surface area (Å²) in [5, 5.41) is 11.4. The van der Waals surface area contributed by atoms with Gasteiger partial charge in [-0.25, -0.2) is 4.79 Å². The first-order valence-corrected chi connectivity index (χ1v) is 6.34. The van der Waals surface area contributed by atoms with Crippen LogP contribution in [0.5, 0.6) is 0 Å². The van der Waals surface area contributed by atoms with Crippen molar-refractivity contribution in [1.29, 1.82) is 0 Å². The zero-order valence-electron chi connectivity index (χ0n) is 11.1. The van der Waals surface area contributed by atoms with E-state index >= 15 is 0 Å². The molecule has 1 saturated heterocycles. The van der Waals surface area contributed by atoms with Crippen molar-refractivity contribution < 1.29 is 19.5 Å². The third kappa shape index (κ3) is 3.03. The first-order chi connectivity index (χ1) is 9.49. The molecule has 0 bridgehead atoms. The van der Waals surface area contributed by atoms with E-state index in [9.17, 15) is 14.4 Å². The highest BCUT2D eigenvalue weighted by atomic mass is 16.4. The largest absolute Gasteiger partial charge is 0.478 e. The number of imide groups is 1. The molecule has 0 spiro atoms. The van der Waals surface area contributed by atoms with Crippen LogP contribution >= 0.6 is 0 Å². The quantitative estimate of drug-likeness (QED) is 0.754. The summed E-state index contributed by atoms with van der Waals surface area (Å²) >= 11 is 0. The number of hydrogen-bond donors (Lipinski definition) is 2. The van der Waals surface area contributed by atoms with Crippen LogP contribution in [0.2, 0.25) is 0 Å². The van der Waals surface area contributed by atoms with Gasteiger partial charge in [-0.05, 0) is 25.1 Å². The fourth-order valence-corrected chi connectivity index (χ4v) is 2.30. The summed E-state index contributed by atoms with van der Waals surface area (Å²) in [5.41, 5.74) is 0.990. The Morgan fingerprint density at radius 3 is 2.70 bits per heavy atom. The number of carboxylic acid groups (broad SMARTS) is 1. The summed E-state index contributed by atoms with van der Waals surface area (Å²) in [7, 11) is 1.76. The Kier molecular flexibility index (Phi) is 4.14. The lowest BCUT2D eigenvalue weighted by molar-refractivity contribution is -0.126. The van der Waals surface area contributed by atoms with Crippen LogP contribution in [0.3, 0.4) is 0 Å². The van der Waals surface area contributed by atoms with Crippen molar-refractivity contribution in [2.24, 2.45) is 0 Å². The van der Waals surface area contributed by atoms with E-state index in [0.29, 0.717) is 13.0 Å². The average molecular weight is 276 g/mol. The molecule has 2 rings (SSSR count). The molecular weight excluding hydrogens is 260 g/mol. The number of rotatable bonds is 5. The van der Waals surface area contributed by atoms with Crippen LogP contribution in [0, 0.1) is 0 Å². The van der Waals surface area contributed by atoms with E-state index in [0.717, 1.165) is 5.56 Å². The number of nitrogens with one attached hydrogen (secondary N) is 1. The molecule has 0 aliphatic carbocycles. The monoisotopic (exact) mass is 276 g/mol. The molecule has 2 N–H and O–H groups in total. The Labute approximate surface area is 116 Å². The van der Waals surface area contributed by atoms with Crippen molar-refractivity contribution >= 4 is 17.8 Å². The lowest BCUT2D eigenvalue weighted by Crippen LogP contribution is -2.39. The van der Waals surface area contributed by atoms with E-state index < -0.39 is 12.0 Å². The average Bonchev–Trinajstić information content (AvgIpc) is 2.75. The number of likely N-dealkylation sites (N-methyl/N-ethyl adjacent to an activating group) is 1. The second-order valence-corrected chi connectivity index (χ2v) is 4.83. The fourth-order valence-electron chi connectivity index (χ4n) is 2.30. The minimum Gasteiger partial charge on any atom is -0.478 e. The van der Waals surface area contributed by atoms with Crippen LogP contribution in [0.1, 0.15) is 22.3 Å². The number of aromatic carboxylic acids is 1. The van der Waals surface area contributed by atoms with Crippen molar-refractivity contribution in [2.45, 2.75) is 18.9 Å². The highest BCUT2D eigenvalue weighted by Crippen LogP contribution is 2.13. The van der Waals surface area contributed by atoms with E-state index in [4.69, 9.17) is 5.11 Å². The first kappa shape index (κ1) is 14.2. The Morgan fingerprint density at radius 1 is 1.40 bits per heavy atom. The third-order valence-electron chi connectivity index (χ3n) is 3.46.